The maximum Gasteiger partial charge on any atom is 0.573 e. The van der Waals surface area contributed by atoms with Crippen molar-refractivity contribution in [3.8, 4) is 16.9 Å². The zero-order valence-electron chi connectivity index (χ0n) is 17.0. The van der Waals surface area contributed by atoms with Gasteiger partial charge in [0.2, 0.25) is 0 Å². The van der Waals surface area contributed by atoms with Crippen molar-refractivity contribution in [2.24, 2.45) is 0 Å². The van der Waals surface area contributed by atoms with Crippen LogP contribution in [-0.4, -0.2) is 46.7 Å². The van der Waals surface area contributed by atoms with Gasteiger partial charge in [-0.25, -0.2) is 13.9 Å². The Balaban J connectivity index is 1.83. The number of aryl methyl sites for hydroxylation is 1. The molecule has 2 aromatic carbocycles. The van der Waals surface area contributed by atoms with Gasteiger partial charge in [0.1, 0.15) is 5.75 Å². The second-order valence-electron chi connectivity index (χ2n) is 7.41. The van der Waals surface area contributed by atoms with E-state index in [4.69, 9.17) is 5.21 Å². The summed E-state index contributed by atoms with van der Waals surface area (Å²) in [5, 5.41) is 13.9. The van der Waals surface area contributed by atoms with Crippen LogP contribution >= 0.6 is 0 Å². The first-order valence-corrected chi connectivity index (χ1v) is 11.2. The summed E-state index contributed by atoms with van der Waals surface area (Å²) in [4.78, 5) is 12.0. The molecule has 0 aliphatic rings. The molecule has 0 bridgehead atoms. The van der Waals surface area contributed by atoms with E-state index in [1.807, 2.05) is 0 Å². The monoisotopic (exact) mass is 471 g/mol. The highest BCUT2D eigenvalue weighted by Crippen LogP contribution is 2.29. The van der Waals surface area contributed by atoms with E-state index in [0.717, 1.165) is 11.8 Å². The van der Waals surface area contributed by atoms with E-state index in [9.17, 15) is 26.4 Å². The number of aromatic nitrogens is 2. The van der Waals surface area contributed by atoms with Crippen molar-refractivity contribution in [3.05, 3.63) is 48.7 Å². The number of nitrogens with one attached hydrogen (secondary N) is 1. The molecule has 12 heteroatoms. The van der Waals surface area contributed by atoms with Gasteiger partial charge in [-0.05, 0) is 48.7 Å². The highest BCUT2D eigenvalue weighted by Gasteiger charge is 2.43. The van der Waals surface area contributed by atoms with Crippen molar-refractivity contribution in [1.29, 1.82) is 0 Å². The molecule has 0 fully saturated rings. The normalized spacial score (nSPS) is 14.2. The van der Waals surface area contributed by atoms with Crippen LogP contribution in [0.25, 0.3) is 22.0 Å². The number of rotatable bonds is 7. The van der Waals surface area contributed by atoms with Crippen LogP contribution in [-0.2, 0) is 21.2 Å². The third kappa shape index (κ3) is 4.86. The molecule has 2 N–H and O–H groups in total. The molecule has 1 unspecified atom stereocenters. The highest BCUT2D eigenvalue weighted by atomic mass is 32.2. The largest absolute Gasteiger partial charge is 0.573 e. The van der Waals surface area contributed by atoms with Crippen molar-refractivity contribution in [2.75, 3.05) is 6.26 Å². The minimum atomic E-state index is -4.76. The maximum atomic E-state index is 12.3. The molecule has 3 rings (SSSR count). The van der Waals surface area contributed by atoms with Gasteiger partial charge >= 0.3 is 6.36 Å². The lowest BCUT2D eigenvalue weighted by molar-refractivity contribution is -0.274. The lowest BCUT2D eigenvalue weighted by Gasteiger charge is -2.25. The molecule has 172 valence electrons. The second-order valence-corrected chi connectivity index (χ2v) is 9.85. The smallest absolute Gasteiger partial charge is 0.406 e. The Labute approximate surface area is 181 Å². The molecule has 3 aromatic rings. The van der Waals surface area contributed by atoms with Gasteiger partial charge in [0.25, 0.3) is 5.91 Å². The van der Waals surface area contributed by atoms with E-state index < -0.39 is 26.9 Å². The number of fused-ring (bicyclic) bond motifs is 1. The molecule has 0 aliphatic carbocycles. The van der Waals surface area contributed by atoms with Crippen molar-refractivity contribution in [1.82, 2.24) is 15.3 Å². The molecule has 1 aromatic heterocycles. The first-order valence-electron chi connectivity index (χ1n) is 9.30. The van der Waals surface area contributed by atoms with E-state index in [0.29, 0.717) is 16.5 Å². The second kappa shape index (κ2) is 8.43. The van der Waals surface area contributed by atoms with Crippen LogP contribution in [0.5, 0.6) is 5.75 Å². The summed E-state index contributed by atoms with van der Waals surface area (Å²) in [6, 6.07) is 10.7. The van der Waals surface area contributed by atoms with Gasteiger partial charge < -0.3 is 4.74 Å². The predicted molar refractivity (Wildman–Crippen MR) is 110 cm³/mol. The standard InChI is InChI=1S/C20H20F3N3O5S/c1-19(18(27)25-28,32(2,29)30)9-10-26-17-8-5-14(11-15(17)12-24-26)13-3-6-16(7-4-13)31-20(21,22)23/h3-8,11-12,28H,9-10H2,1-2H3,(H,25,27). The van der Waals surface area contributed by atoms with Gasteiger partial charge in [-0.1, -0.05) is 18.2 Å². The van der Waals surface area contributed by atoms with Gasteiger partial charge in [-0.3, -0.25) is 14.7 Å². The van der Waals surface area contributed by atoms with Gasteiger partial charge in [0, 0.05) is 18.2 Å². The molecule has 1 atom stereocenters. The zero-order valence-corrected chi connectivity index (χ0v) is 17.9. The van der Waals surface area contributed by atoms with Gasteiger partial charge in [0.05, 0.1) is 11.7 Å². The van der Waals surface area contributed by atoms with Crippen LogP contribution in [0, 0.1) is 0 Å². The summed E-state index contributed by atoms with van der Waals surface area (Å²) < 4.78 is 64.7. The highest BCUT2D eigenvalue weighted by molar-refractivity contribution is 7.92. The van der Waals surface area contributed by atoms with E-state index >= 15 is 0 Å². The number of halogens is 3. The Kier molecular flexibility index (Phi) is 6.20. The molecule has 1 amide bonds. The average molecular weight is 471 g/mol. The van der Waals surface area contributed by atoms with Crippen molar-refractivity contribution in [3.63, 3.8) is 0 Å². The summed E-state index contributed by atoms with van der Waals surface area (Å²) in [6.45, 7) is 1.31. The molecule has 0 saturated carbocycles. The Morgan fingerprint density at radius 2 is 1.78 bits per heavy atom. The third-order valence-corrected chi connectivity index (χ3v) is 7.29. The number of hydrogen-bond acceptors (Lipinski definition) is 6. The lowest BCUT2D eigenvalue weighted by Crippen LogP contribution is -2.49. The van der Waals surface area contributed by atoms with Gasteiger partial charge in [-0.2, -0.15) is 5.10 Å². The molecule has 0 radical (unpaired) electrons. The molecule has 8 nitrogen and oxygen atoms in total. The van der Waals surface area contributed by atoms with Crippen molar-refractivity contribution >= 4 is 26.6 Å². The van der Waals surface area contributed by atoms with Crippen LogP contribution in [0.4, 0.5) is 13.2 Å². The Morgan fingerprint density at radius 3 is 2.34 bits per heavy atom. The number of amides is 1. The fourth-order valence-corrected chi connectivity index (χ4v) is 4.04. The molecule has 32 heavy (non-hydrogen) atoms. The third-order valence-electron chi connectivity index (χ3n) is 5.26. The number of carbonyl (C=O) groups excluding carboxylic acids is 1. The Bertz CT molecular complexity index is 1240. The Hall–Kier alpha value is -3.12. The van der Waals surface area contributed by atoms with Crippen LogP contribution in [0.3, 0.4) is 0 Å². The number of alkyl halides is 3. The summed E-state index contributed by atoms with van der Waals surface area (Å²) in [5.74, 6) is -1.35. The van der Waals surface area contributed by atoms with Crippen LogP contribution < -0.4 is 10.2 Å². The predicted octanol–water partition coefficient (Wildman–Crippen LogP) is 3.30. The SMILES string of the molecule is CC(CCn1ncc2cc(-c3ccc(OC(F)(F)F)cc3)ccc21)(C(=O)NO)S(C)(=O)=O. The topological polar surface area (TPSA) is 111 Å². The molecular weight excluding hydrogens is 451 g/mol. The number of carbonyl (C=O) groups is 1. The summed E-state index contributed by atoms with van der Waals surface area (Å²) in [6.07, 6.45) is -2.41. The van der Waals surface area contributed by atoms with Gasteiger partial charge in [0.15, 0.2) is 14.6 Å². The number of sulfone groups is 1. The Morgan fingerprint density at radius 1 is 1.16 bits per heavy atom. The molecular formula is C20H20F3N3O5S. The number of nitrogens with zero attached hydrogens (tertiary/aromatic N) is 2. The van der Waals surface area contributed by atoms with Crippen LogP contribution in [0.2, 0.25) is 0 Å². The first-order chi connectivity index (χ1) is 14.8. The quantitative estimate of drug-likeness (QED) is 0.404. The van der Waals surface area contributed by atoms with Crippen molar-refractivity contribution in [2.45, 2.75) is 31.0 Å². The van der Waals surface area contributed by atoms with E-state index in [2.05, 4.69) is 9.84 Å². The summed E-state index contributed by atoms with van der Waals surface area (Å²) >= 11 is 0. The average Bonchev–Trinajstić information content (AvgIpc) is 3.12. The van der Waals surface area contributed by atoms with E-state index in [1.165, 1.54) is 41.4 Å². The number of hydroxylamine groups is 1. The fourth-order valence-electron chi connectivity index (χ4n) is 3.20. The maximum absolute atomic E-state index is 12.3. The van der Waals surface area contributed by atoms with E-state index in [-0.39, 0.29) is 18.7 Å². The molecule has 0 spiro atoms. The first kappa shape index (κ1) is 23.5. The summed E-state index contributed by atoms with van der Waals surface area (Å²) in [7, 11) is -3.83. The number of hydrogen-bond donors (Lipinski definition) is 2. The van der Waals surface area contributed by atoms with Crippen molar-refractivity contribution < 1.29 is 36.3 Å². The van der Waals surface area contributed by atoms with E-state index in [1.54, 1.807) is 24.4 Å². The number of ether oxygens (including phenoxy) is 1. The number of benzene rings is 2. The molecule has 1 heterocycles. The van der Waals surface area contributed by atoms with Crippen LogP contribution in [0.1, 0.15) is 13.3 Å². The lowest BCUT2D eigenvalue weighted by atomic mass is 10.0. The summed E-state index contributed by atoms with van der Waals surface area (Å²) in [5.41, 5.74) is 3.47. The molecule has 0 aliphatic heterocycles. The van der Waals surface area contributed by atoms with Crippen LogP contribution in [0.15, 0.2) is 48.7 Å². The van der Waals surface area contributed by atoms with Gasteiger partial charge in [-0.15, -0.1) is 13.2 Å². The molecule has 0 saturated heterocycles. The fraction of sp³-hybridized carbons (Fsp3) is 0.300. The minimum Gasteiger partial charge on any atom is -0.406 e. The zero-order chi connectivity index (χ0) is 23.7. The minimum absolute atomic E-state index is 0.0866.